The van der Waals surface area contributed by atoms with Crippen molar-refractivity contribution in [1.29, 1.82) is 0 Å². The zero-order valence-corrected chi connectivity index (χ0v) is 14.4. The van der Waals surface area contributed by atoms with Crippen molar-refractivity contribution in [2.75, 3.05) is 6.61 Å². The molecule has 25 heavy (non-hydrogen) atoms. The second kappa shape index (κ2) is 6.14. The number of hydrogen-bond acceptors (Lipinski definition) is 6. The van der Waals surface area contributed by atoms with Crippen LogP contribution >= 0.6 is 11.8 Å². The van der Waals surface area contributed by atoms with Crippen LogP contribution in [0, 0.1) is 0 Å². The van der Waals surface area contributed by atoms with Crippen molar-refractivity contribution in [2.24, 2.45) is 0 Å². The maximum atomic E-state index is 12.3. The fraction of sp³-hybridized carbons (Fsp3) is 0.438. The molecule has 3 N–H and O–H groups in total. The molecule has 1 aromatic rings. The summed E-state index contributed by atoms with van der Waals surface area (Å²) in [7, 11) is 0. The van der Waals surface area contributed by atoms with E-state index in [0.717, 1.165) is 0 Å². The van der Waals surface area contributed by atoms with Gasteiger partial charge in [0.05, 0.1) is 0 Å². The fourth-order valence-electron chi connectivity index (χ4n) is 3.05. The SMILES string of the molecule is CC1(C)S[C@@H]2[C@@H](NC(=O)COc3ccc(O)cc3)C(=O)N2[C@H]1C(=O)O. The molecular weight excluding hydrogens is 348 g/mol. The van der Waals surface area contributed by atoms with Gasteiger partial charge in [-0.25, -0.2) is 4.79 Å². The van der Waals surface area contributed by atoms with Crippen LogP contribution < -0.4 is 10.1 Å². The Bertz CT molecular complexity index is 720. The highest BCUT2D eigenvalue weighted by atomic mass is 32.2. The Labute approximate surface area is 148 Å². The topological polar surface area (TPSA) is 116 Å². The first kappa shape index (κ1) is 17.4. The minimum atomic E-state index is -1.05. The second-order valence-corrected chi connectivity index (χ2v) is 8.20. The number of aromatic hydroxyl groups is 1. The molecule has 2 saturated heterocycles. The number of rotatable bonds is 5. The molecule has 0 saturated carbocycles. The van der Waals surface area contributed by atoms with E-state index >= 15 is 0 Å². The van der Waals surface area contributed by atoms with E-state index in [4.69, 9.17) is 4.74 Å². The molecule has 0 spiro atoms. The zero-order chi connectivity index (χ0) is 18.4. The molecular formula is C16H18N2O6S. The van der Waals surface area contributed by atoms with Gasteiger partial charge < -0.3 is 25.2 Å². The van der Waals surface area contributed by atoms with Crippen molar-refractivity contribution in [1.82, 2.24) is 10.2 Å². The first-order valence-corrected chi connectivity index (χ1v) is 8.52. The summed E-state index contributed by atoms with van der Waals surface area (Å²) in [5, 5.41) is 20.8. The minimum Gasteiger partial charge on any atom is -0.508 e. The van der Waals surface area contributed by atoms with E-state index < -0.39 is 34.6 Å². The number of hydrogen-bond donors (Lipinski definition) is 3. The molecule has 0 aromatic heterocycles. The van der Waals surface area contributed by atoms with Gasteiger partial charge in [-0.3, -0.25) is 9.59 Å². The summed E-state index contributed by atoms with van der Waals surface area (Å²) in [6, 6.07) is 4.26. The predicted molar refractivity (Wildman–Crippen MR) is 89.3 cm³/mol. The highest BCUT2D eigenvalue weighted by Crippen LogP contribution is 2.50. The maximum absolute atomic E-state index is 12.3. The fourth-order valence-corrected chi connectivity index (χ4v) is 4.68. The largest absolute Gasteiger partial charge is 0.508 e. The number of carbonyl (C=O) groups is 3. The maximum Gasteiger partial charge on any atom is 0.327 e. The molecule has 2 heterocycles. The number of nitrogens with one attached hydrogen (secondary N) is 1. The summed E-state index contributed by atoms with van der Waals surface area (Å²) < 4.78 is 4.66. The van der Waals surface area contributed by atoms with E-state index in [1.807, 2.05) is 0 Å². The Balaban J connectivity index is 1.57. The van der Waals surface area contributed by atoms with E-state index in [1.165, 1.54) is 40.9 Å². The standard InChI is InChI=1S/C16H18N2O6S/c1-16(2)12(15(22)23)18-13(21)11(14(18)25-16)17-10(20)7-24-9-5-3-8(19)4-6-9/h3-6,11-12,14,19H,7H2,1-2H3,(H,17,20)(H,22,23)/t11-,12-,14+/m0/s1. The van der Waals surface area contributed by atoms with Gasteiger partial charge in [0.2, 0.25) is 5.91 Å². The summed E-state index contributed by atoms with van der Waals surface area (Å²) in [5.74, 6) is -1.41. The highest BCUT2D eigenvalue weighted by Gasteiger charge is 2.64. The van der Waals surface area contributed by atoms with Crippen LogP contribution in [-0.4, -0.2) is 61.7 Å². The van der Waals surface area contributed by atoms with E-state index in [-0.39, 0.29) is 17.7 Å². The average Bonchev–Trinajstić information content (AvgIpc) is 2.80. The number of carboxylic acids is 1. The summed E-state index contributed by atoms with van der Waals surface area (Å²) in [6.07, 6.45) is 0. The number of carbonyl (C=O) groups excluding carboxylic acids is 2. The van der Waals surface area contributed by atoms with Crippen molar-refractivity contribution in [3.63, 3.8) is 0 Å². The molecule has 2 fully saturated rings. The van der Waals surface area contributed by atoms with Gasteiger partial charge in [0.1, 0.15) is 29.0 Å². The Morgan fingerprint density at radius 3 is 2.56 bits per heavy atom. The van der Waals surface area contributed by atoms with Gasteiger partial charge in [0.15, 0.2) is 6.61 Å². The molecule has 2 aliphatic rings. The highest BCUT2D eigenvalue weighted by molar-refractivity contribution is 8.01. The summed E-state index contributed by atoms with van der Waals surface area (Å²) in [4.78, 5) is 37.0. The average molecular weight is 366 g/mol. The van der Waals surface area contributed by atoms with Crippen molar-refractivity contribution < 1.29 is 29.3 Å². The first-order chi connectivity index (χ1) is 11.7. The predicted octanol–water partition coefficient (Wildman–Crippen LogP) is 0.403. The lowest BCUT2D eigenvalue weighted by Crippen LogP contribution is -2.70. The molecule has 9 heteroatoms. The van der Waals surface area contributed by atoms with Crippen LogP contribution in [0.4, 0.5) is 0 Å². The summed E-state index contributed by atoms with van der Waals surface area (Å²) in [6.45, 7) is 3.27. The molecule has 3 atom stereocenters. The van der Waals surface area contributed by atoms with Crippen molar-refractivity contribution in [2.45, 2.75) is 36.1 Å². The molecule has 0 radical (unpaired) electrons. The van der Waals surface area contributed by atoms with Gasteiger partial charge in [-0.2, -0.15) is 0 Å². The van der Waals surface area contributed by atoms with Crippen LogP contribution in [0.3, 0.4) is 0 Å². The van der Waals surface area contributed by atoms with Gasteiger partial charge in [-0.05, 0) is 38.1 Å². The molecule has 134 valence electrons. The number of phenols is 1. The van der Waals surface area contributed by atoms with E-state index in [2.05, 4.69) is 5.32 Å². The molecule has 0 bridgehead atoms. The Hall–Kier alpha value is -2.42. The Morgan fingerprint density at radius 2 is 1.96 bits per heavy atom. The number of nitrogens with zero attached hydrogens (tertiary/aromatic N) is 1. The molecule has 2 amide bonds. The third kappa shape index (κ3) is 3.11. The number of benzene rings is 1. The monoisotopic (exact) mass is 366 g/mol. The number of amides is 2. The Morgan fingerprint density at radius 1 is 1.32 bits per heavy atom. The van der Waals surface area contributed by atoms with Crippen LogP contribution in [0.25, 0.3) is 0 Å². The van der Waals surface area contributed by atoms with Gasteiger partial charge in [0, 0.05) is 4.75 Å². The number of ether oxygens (including phenoxy) is 1. The third-order valence-corrected chi connectivity index (χ3v) is 5.77. The van der Waals surface area contributed by atoms with Gasteiger partial charge in [-0.15, -0.1) is 11.8 Å². The van der Waals surface area contributed by atoms with Gasteiger partial charge in [0.25, 0.3) is 5.91 Å². The quantitative estimate of drug-likeness (QED) is 0.646. The number of aliphatic carboxylic acids is 1. The number of carboxylic acid groups (broad SMARTS) is 1. The van der Waals surface area contributed by atoms with Gasteiger partial charge >= 0.3 is 5.97 Å². The lowest BCUT2D eigenvalue weighted by molar-refractivity contribution is -0.161. The summed E-state index contributed by atoms with van der Waals surface area (Å²) >= 11 is 1.36. The van der Waals surface area contributed by atoms with E-state index in [9.17, 15) is 24.6 Å². The van der Waals surface area contributed by atoms with Crippen molar-refractivity contribution >= 4 is 29.5 Å². The van der Waals surface area contributed by atoms with Crippen LogP contribution in [0.15, 0.2) is 24.3 Å². The zero-order valence-electron chi connectivity index (χ0n) is 13.6. The Kier molecular flexibility index (Phi) is 4.28. The molecule has 3 rings (SSSR count). The number of thioether (sulfide) groups is 1. The van der Waals surface area contributed by atoms with E-state index in [0.29, 0.717) is 5.75 Å². The number of fused-ring (bicyclic) bond motifs is 1. The van der Waals surface area contributed by atoms with Crippen molar-refractivity contribution in [3.05, 3.63) is 24.3 Å². The van der Waals surface area contributed by atoms with Crippen LogP contribution in [0.2, 0.25) is 0 Å². The van der Waals surface area contributed by atoms with E-state index in [1.54, 1.807) is 13.8 Å². The third-order valence-electron chi connectivity index (χ3n) is 4.20. The van der Waals surface area contributed by atoms with Gasteiger partial charge in [-0.1, -0.05) is 0 Å². The summed E-state index contributed by atoms with van der Waals surface area (Å²) in [5.41, 5.74) is 0. The normalized spacial score (nSPS) is 26.6. The van der Waals surface area contributed by atoms with Crippen LogP contribution in [0.1, 0.15) is 13.8 Å². The molecule has 0 unspecified atom stereocenters. The smallest absolute Gasteiger partial charge is 0.327 e. The van der Waals surface area contributed by atoms with Crippen LogP contribution in [-0.2, 0) is 14.4 Å². The number of phenolic OH excluding ortho intramolecular Hbond substituents is 1. The minimum absolute atomic E-state index is 0.0887. The molecule has 2 aliphatic heterocycles. The van der Waals surface area contributed by atoms with Crippen LogP contribution in [0.5, 0.6) is 11.5 Å². The first-order valence-electron chi connectivity index (χ1n) is 7.65. The lowest BCUT2D eigenvalue weighted by Gasteiger charge is -2.43. The number of β-lactam (4-membered cyclic amide) rings is 1. The lowest BCUT2D eigenvalue weighted by atomic mass is 9.96. The second-order valence-electron chi connectivity index (χ2n) is 6.43. The molecule has 0 aliphatic carbocycles. The molecule has 8 nitrogen and oxygen atoms in total. The van der Waals surface area contributed by atoms with Crippen molar-refractivity contribution in [3.8, 4) is 11.5 Å². The molecule has 1 aromatic carbocycles.